The van der Waals surface area contributed by atoms with Crippen LogP contribution >= 0.6 is 0 Å². The molecule has 0 spiro atoms. The highest BCUT2D eigenvalue weighted by atomic mass is 16.6. The first-order valence-corrected chi connectivity index (χ1v) is 10.9. The van der Waals surface area contributed by atoms with Crippen LogP contribution in [0, 0.1) is 0 Å². The summed E-state index contributed by atoms with van der Waals surface area (Å²) >= 11 is 0. The molecule has 2 aromatic rings. The van der Waals surface area contributed by atoms with Gasteiger partial charge in [-0.15, -0.1) is 0 Å². The van der Waals surface area contributed by atoms with Crippen molar-refractivity contribution in [1.29, 1.82) is 0 Å². The van der Waals surface area contributed by atoms with Gasteiger partial charge >= 0.3 is 12.1 Å². The maximum absolute atomic E-state index is 13.0. The van der Waals surface area contributed by atoms with Gasteiger partial charge in [-0.05, 0) is 44.2 Å². The molecule has 2 aliphatic rings. The number of esters is 1. The average Bonchev–Trinajstić information content (AvgIpc) is 2.81. The highest BCUT2D eigenvalue weighted by Crippen LogP contribution is 2.29. The topological polar surface area (TPSA) is 89.0 Å². The second-order valence-corrected chi connectivity index (χ2v) is 7.78. The van der Waals surface area contributed by atoms with Crippen LogP contribution in [0.4, 0.5) is 4.79 Å². The van der Waals surface area contributed by atoms with E-state index in [1.165, 1.54) is 0 Å². The number of rotatable bonds is 4. The number of amides is 2. The molecule has 1 saturated heterocycles. The van der Waals surface area contributed by atoms with E-state index in [0.29, 0.717) is 38.3 Å². The second kappa shape index (κ2) is 9.32. The molecular weight excluding hydrogens is 398 g/mol. The van der Waals surface area contributed by atoms with E-state index in [2.05, 4.69) is 0 Å². The Labute approximate surface area is 181 Å². The van der Waals surface area contributed by atoms with Crippen LogP contribution in [0.25, 0.3) is 10.9 Å². The summed E-state index contributed by atoms with van der Waals surface area (Å²) in [4.78, 5) is 45.4. The van der Waals surface area contributed by atoms with Crippen LogP contribution in [0.2, 0.25) is 0 Å². The summed E-state index contributed by atoms with van der Waals surface area (Å²) in [5, 5.41) is 0.767. The van der Waals surface area contributed by atoms with Gasteiger partial charge in [-0.1, -0.05) is 18.2 Å². The van der Waals surface area contributed by atoms with E-state index in [1.807, 2.05) is 24.3 Å². The average molecular weight is 425 g/mol. The number of benzene rings is 1. The predicted molar refractivity (Wildman–Crippen MR) is 114 cm³/mol. The van der Waals surface area contributed by atoms with Gasteiger partial charge in [-0.25, -0.2) is 9.59 Å². The fourth-order valence-corrected chi connectivity index (χ4v) is 4.25. The summed E-state index contributed by atoms with van der Waals surface area (Å²) < 4.78 is 10.5. The molecule has 1 aliphatic carbocycles. The number of hydrogen-bond donors (Lipinski definition) is 0. The third-order valence-corrected chi connectivity index (χ3v) is 5.86. The van der Waals surface area contributed by atoms with Crippen molar-refractivity contribution < 1.29 is 23.9 Å². The number of nitrogens with zero attached hydrogens (tertiary/aromatic N) is 3. The lowest BCUT2D eigenvalue weighted by atomic mass is 9.90. The van der Waals surface area contributed by atoms with Crippen molar-refractivity contribution in [2.75, 3.05) is 39.4 Å². The van der Waals surface area contributed by atoms with Gasteiger partial charge in [-0.3, -0.25) is 9.78 Å². The Kier molecular flexibility index (Phi) is 6.34. The van der Waals surface area contributed by atoms with Crippen LogP contribution in [-0.4, -0.2) is 72.1 Å². The van der Waals surface area contributed by atoms with Crippen LogP contribution in [0.1, 0.15) is 41.4 Å². The molecule has 0 bridgehead atoms. The largest absolute Gasteiger partial charge is 0.452 e. The number of hydrogen-bond acceptors (Lipinski definition) is 6. The minimum absolute atomic E-state index is 0.260. The summed E-state index contributed by atoms with van der Waals surface area (Å²) in [5.74, 6) is -0.737. The van der Waals surface area contributed by atoms with Gasteiger partial charge in [0.25, 0.3) is 5.91 Å². The lowest BCUT2D eigenvalue weighted by Crippen LogP contribution is -2.51. The molecule has 0 N–H and O–H groups in total. The zero-order chi connectivity index (χ0) is 21.8. The van der Waals surface area contributed by atoms with Crippen molar-refractivity contribution in [3.8, 4) is 0 Å². The molecule has 2 amide bonds. The quantitative estimate of drug-likeness (QED) is 0.700. The Hall–Kier alpha value is -3.16. The molecule has 1 aliphatic heterocycles. The molecule has 164 valence electrons. The number of fused-ring (bicyclic) bond motifs is 2. The summed E-state index contributed by atoms with van der Waals surface area (Å²) in [5.41, 5.74) is 3.22. The lowest BCUT2D eigenvalue weighted by Gasteiger charge is -2.33. The SMILES string of the molecule is CCOC(=O)N1CCN(C(=O)COC(=O)c2c3c(nc4ccccc24)CCCC3)CC1. The van der Waals surface area contributed by atoms with Crippen molar-refractivity contribution >= 4 is 28.9 Å². The standard InChI is InChI=1S/C23H27N3O5/c1-2-30-23(29)26-13-11-25(12-14-26)20(27)15-31-22(28)21-16-7-3-5-9-18(16)24-19-10-6-4-8-17(19)21/h3,5,7,9H,2,4,6,8,10-15H2,1H3. The maximum atomic E-state index is 13.0. The molecule has 1 fully saturated rings. The summed E-state index contributed by atoms with van der Waals surface area (Å²) in [6.45, 7) is 3.35. The van der Waals surface area contributed by atoms with Crippen molar-refractivity contribution in [2.45, 2.75) is 32.6 Å². The molecule has 31 heavy (non-hydrogen) atoms. The monoisotopic (exact) mass is 425 g/mol. The van der Waals surface area contributed by atoms with Gasteiger partial charge in [0, 0.05) is 37.3 Å². The number of carbonyl (C=O) groups excluding carboxylic acids is 3. The van der Waals surface area contributed by atoms with E-state index in [0.717, 1.165) is 47.8 Å². The molecule has 4 rings (SSSR count). The summed E-state index contributed by atoms with van der Waals surface area (Å²) in [7, 11) is 0. The number of ether oxygens (including phenoxy) is 2. The first kappa shape index (κ1) is 21.1. The van der Waals surface area contributed by atoms with Crippen molar-refractivity contribution in [3.05, 3.63) is 41.1 Å². The Balaban J connectivity index is 1.42. The minimum atomic E-state index is -0.477. The van der Waals surface area contributed by atoms with Crippen molar-refractivity contribution in [1.82, 2.24) is 14.8 Å². The van der Waals surface area contributed by atoms with E-state index in [4.69, 9.17) is 14.5 Å². The normalized spacial score (nSPS) is 16.0. The molecular formula is C23H27N3O5. The minimum Gasteiger partial charge on any atom is -0.452 e. The number of aromatic nitrogens is 1. The predicted octanol–water partition coefficient (Wildman–Crippen LogP) is 2.57. The lowest BCUT2D eigenvalue weighted by molar-refractivity contribution is -0.136. The van der Waals surface area contributed by atoms with Crippen molar-refractivity contribution in [3.63, 3.8) is 0 Å². The maximum Gasteiger partial charge on any atom is 0.409 e. The Morgan fingerprint density at radius 3 is 2.45 bits per heavy atom. The third-order valence-electron chi connectivity index (χ3n) is 5.86. The third kappa shape index (κ3) is 4.47. The van der Waals surface area contributed by atoms with E-state index < -0.39 is 5.97 Å². The molecule has 8 nitrogen and oxygen atoms in total. The van der Waals surface area contributed by atoms with E-state index in [1.54, 1.807) is 16.7 Å². The summed E-state index contributed by atoms with van der Waals surface area (Å²) in [6, 6.07) is 7.56. The number of carbonyl (C=O) groups is 3. The Morgan fingerprint density at radius 1 is 0.968 bits per heavy atom. The first-order valence-electron chi connectivity index (χ1n) is 10.9. The highest BCUT2D eigenvalue weighted by Gasteiger charge is 2.27. The number of piperazine rings is 1. The molecule has 1 aromatic carbocycles. The molecule has 8 heteroatoms. The van der Waals surface area contributed by atoms with Gasteiger partial charge in [0.1, 0.15) is 0 Å². The van der Waals surface area contributed by atoms with Gasteiger partial charge in [0.05, 0.1) is 17.7 Å². The first-order chi connectivity index (χ1) is 15.1. The molecule has 0 radical (unpaired) electrons. The molecule has 2 heterocycles. The van der Waals surface area contributed by atoms with Crippen LogP contribution in [0.15, 0.2) is 24.3 Å². The van der Waals surface area contributed by atoms with Crippen molar-refractivity contribution in [2.24, 2.45) is 0 Å². The number of aryl methyl sites for hydroxylation is 1. The molecule has 0 saturated carbocycles. The van der Waals surface area contributed by atoms with Crippen LogP contribution in [-0.2, 0) is 27.1 Å². The zero-order valence-corrected chi connectivity index (χ0v) is 17.8. The smallest absolute Gasteiger partial charge is 0.409 e. The summed E-state index contributed by atoms with van der Waals surface area (Å²) in [6.07, 6.45) is 3.35. The Bertz CT molecular complexity index is 998. The number of para-hydroxylation sites is 1. The fourth-order valence-electron chi connectivity index (χ4n) is 4.25. The van der Waals surface area contributed by atoms with Gasteiger partial charge < -0.3 is 19.3 Å². The van der Waals surface area contributed by atoms with Crippen LogP contribution < -0.4 is 0 Å². The van der Waals surface area contributed by atoms with Crippen LogP contribution in [0.3, 0.4) is 0 Å². The van der Waals surface area contributed by atoms with E-state index in [-0.39, 0.29) is 18.6 Å². The Morgan fingerprint density at radius 2 is 1.68 bits per heavy atom. The van der Waals surface area contributed by atoms with E-state index in [9.17, 15) is 14.4 Å². The second-order valence-electron chi connectivity index (χ2n) is 7.78. The van der Waals surface area contributed by atoms with Gasteiger partial charge in [-0.2, -0.15) is 0 Å². The van der Waals surface area contributed by atoms with Crippen LogP contribution in [0.5, 0.6) is 0 Å². The molecule has 1 aromatic heterocycles. The molecule has 0 atom stereocenters. The fraction of sp³-hybridized carbons (Fsp3) is 0.478. The van der Waals surface area contributed by atoms with Gasteiger partial charge in [0.15, 0.2) is 6.61 Å². The molecule has 0 unspecified atom stereocenters. The highest BCUT2D eigenvalue weighted by molar-refractivity contribution is 6.05. The number of pyridine rings is 1. The van der Waals surface area contributed by atoms with E-state index >= 15 is 0 Å². The zero-order valence-electron chi connectivity index (χ0n) is 17.8. The van der Waals surface area contributed by atoms with Gasteiger partial charge in [0.2, 0.25) is 0 Å².